The molecule has 108 valence electrons. The van der Waals surface area contributed by atoms with E-state index in [1.807, 2.05) is 0 Å². The molecule has 1 aliphatic rings. The molecule has 0 aromatic carbocycles. The molecule has 2 heterocycles. The third-order valence-electron chi connectivity index (χ3n) is 4.01. The van der Waals surface area contributed by atoms with Gasteiger partial charge in [0, 0.05) is 18.6 Å². The summed E-state index contributed by atoms with van der Waals surface area (Å²) in [6.07, 6.45) is 3.02. The summed E-state index contributed by atoms with van der Waals surface area (Å²) in [7, 11) is 0. The van der Waals surface area contributed by atoms with Crippen LogP contribution in [0.25, 0.3) is 11.2 Å². The van der Waals surface area contributed by atoms with E-state index in [2.05, 4.69) is 15.0 Å². The van der Waals surface area contributed by atoms with Crippen LogP contribution < -0.4 is 11.3 Å². The van der Waals surface area contributed by atoms with E-state index in [9.17, 15) is 9.90 Å². The van der Waals surface area contributed by atoms with Gasteiger partial charge >= 0.3 is 0 Å². The van der Waals surface area contributed by atoms with E-state index >= 15 is 0 Å². The minimum Gasteiger partial charge on any atom is -0.396 e. The van der Waals surface area contributed by atoms with Crippen molar-refractivity contribution in [2.75, 3.05) is 12.3 Å². The van der Waals surface area contributed by atoms with E-state index in [1.165, 1.54) is 0 Å². The molecular formula is C12H17N5O3. The molecule has 0 radical (unpaired) electrons. The predicted molar refractivity (Wildman–Crippen MR) is 72.0 cm³/mol. The first kappa shape index (κ1) is 13.1. The van der Waals surface area contributed by atoms with E-state index in [-0.39, 0.29) is 35.6 Å². The summed E-state index contributed by atoms with van der Waals surface area (Å²) in [5.41, 5.74) is 5.88. The van der Waals surface area contributed by atoms with Crippen LogP contribution in [-0.4, -0.2) is 42.4 Å². The van der Waals surface area contributed by atoms with Crippen LogP contribution in [0.15, 0.2) is 11.1 Å². The SMILES string of the molecule is Nc1nc2c(ncn2[C@H]2CC[C@@H](CO)[C@H](O)C2)c(=O)[nH]1. The smallest absolute Gasteiger partial charge is 0.280 e. The molecule has 5 N–H and O–H groups in total. The second kappa shape index (κ2) is 4.88. The zero-order valence-corrected chi connectivity index (χ0v) is 10.9. The second-order valence-corrected chi connectivity index (χ2v) is 5.25. The molecule has 2 aromatic heterocycles. The van der Waals surface area contributed by atoms with Crippen molar-refractivity contribution < 1.29 is 10.2 Å². The van der Waals surface area contributed by atoms with Crippen molar-refractivity contribution in [2.45, 2.75) is 31.4 Å². The summed E-state index contributed by atoms with van der Waals surface area (Å²) in [6, 6.07) is 0.00602. The molecule has 1 fully saturated rings. The monoisotopic (exact) mass is 279 g/mol. The molecule has 8 heteroatoms. The number of nitrogens with two attached hydrogens (primary N) is 1. The van der Waals surface area contributed by atoms with Gasteiger partial charge in [0.15, 0.2) is 11.2 Å². The number of aliphatic hydroxyl groups is 2. The lowest BCUT2D eigenvalue weighted by Gasteiger charge is -2.32. The van der Waals surface area contributed by atoms with E-state index in [1.54, 1.807) is 10.9 Å². The van der Waals surface area contributed by atoms with E-state index in [0.29, 0.717) is 12.1 Å². The van der Waals surface area contributed by atoms with Crippen LogP contribution in [0.2, 0.25) is 0 Å². The van der Waals surface area contributed by atoms with Gasteiger partial charge in [0.25, 0.3) is 5.56 Å². The fraction of sp³-hybridized carbons (Fsp3) is 0.583. The average molecular weight is 279 g/mol. The minimum atomic E-state index is -0.560. The molecule has 0 bridgehead atoms. The van der Waals surface area contributed by atoms with Gasteiger partial charge in [0.1, 0.15) is 0 Å². The number of aromatic nitrogens is 4. The van der Waals surface area contributed by atoms with Crippen molar-refractivity contribution in [3.63, 3.8) is 0 Å². The molecule has 1 saturated carbocycles. The highest BCUT2D eigenvalue weighted by atomic mass is 16.3. The lowest BCUT2D eigenvalue weighted by Crippen LogP contribution is -2.32. The maximum atomic E-state index is 11.7. The van der Waals surface area contributed by atoms with E-state index in [4.69, 9.17) is 10.8 Å². The molecule has 20 heavy (non-hydrogen) atoms. The van der Waals surface area contributed by atoms with Gasteiger partial charge in [-0.1, -0.05) is 0 Å². The maximum absolute atomic E-state index is 11.7. The Morgan fingerprint density at radius 1 is 1.50 bits per heavy atom. The summed E-state index contributed by atoms with van der Waals surface area (Å²) in [5, 5.41) is 19.2. The number of hydrogen-bond donors (Lipinski definition) is 4. The largest absolute Gasteiger partial charge is 0.396 e. The number of imidazole rings is 1. The van der Waals surface area contributed by atoms with Crippen molar-refractivity contribution in [2.24, 2.45) is 5.92 Å². The number of aliphatic hydroxyl groups excluding tert-OH is 2. The maximum Gasteiger partial charge on any atom is 0.280 e. The second-order valence-electron chi connectivity index (χ2n) is 5.25. The van der Waals surface area contributed by atoms with Crippen molar-refractivity contribution in [3.8, 4) is 0 Å². The zero-order valence-electron chi connectivity index (χ0n) is 10.9. The molecule has 0 amide bonds. The Bertz CT molecular complexity index is 679. The van der Waals surface area contributed by atoms with Crippen LogP contribution in [0.5, 0.6) is 0 Å². The van der Waals surface area contributed by atoms with Crippen LogP contribution in [0.4, 0.5) is 5.95 Å². The van der Waals surface area contributed by atoms with Crippen molar-refractivity contribution >= 4 is 17.1 Å². The highest BCUT2D eigenvalue weighted by Gasteiger charge is 2.30. The number of fused-ring (bicyclic) bond motifs is 1. The molecule has 0 aliphatic heterocycles. The number of rotatable bonds is 2. The fourth-order valence-corrected chi connectivity index (χ4v) is 2.86. The number of aromatic amines is 1. The summed E-state index contributed by atoms with van der Waals surface area (Å²) in [6.45, 7) is -0.0105. The van der Waals surface area contributed by atoms with E-state index < -0.39 is 6.10 Å². The fourth-order valence-electron chi connectivity index (χ4n) is 2.86. The van der Waals surface area contributed by atoms with Crippen LogP contribution >= 0.6 is 0 Å². The molecule has 1 aliphatic carbocycles. The number of hydrogen-bond acceptors (Lipinski definition) is 6. The van der Waals surface area contributed by atoms with Crippen molar-refractivity contribution in [3.05, 3.63) is 16.7 Å². The highest BCUT2D eigenvalue weighted by molar-refractivity contribution is 5.70. The summed E-state index contributed by atoms with van der Waals surface area (Å²) in [4.78, 5) is 22.3. The number of nitrogens with one attached hydrogen (secondary N) is 1. The van der Waals surface area contributed by atoms with E-state index in [0.717, 1.165) is 12.8 Å². The van der Waals surface area contributed by atoms with Gasteiger partial charge in [-0.3, -0.25) is 9.78 Å². The standard InChI is InChI=1S/C12H17N5O3/c13-12-15-10-9(11(20)16-12)14-5-17(10)7-2-1-6(4-18)8(19)3-7/h5-8,18-19H,1-4H2,(H3,13,15,16,20)/t6-,7-,8+/m0/s1. The minimum absolute atomic E-state index is 0.00602. The molecule has 0 saturated heterocycles. The first-order valence-electron chi connectivity index (χ1n) is 6.61. The van der Waals surface area contributed by atoms with Crippen LogP contribution in [-0.2, 0) is 0 Å². The summed E-state index contributed by atoms with van der Waals surface area (Å²) >= 11 is 0. The van der Waals surface area contributed by atoms with Crippen LogP contribution in [0, 0.1) is 5.92 Å². The number of nitrogens with zero attached hydrogens (tertiary/aromatic N) is 3. The van der Waals surface area contributed by atoms with Crippen molar-refractivity contribution in [1.29, 1.82) is 0 Å². The Hall–Kier alpha value is -1.93. The van der Waals surface area contributed by atoms with Gasteiger partial charge in [-0.25, -0.2) is 4.98 Å². The molecular weight excluding hydrogens is 262 g/mol. The molecule has 3 rings (SSSR count). The lowest BCUT2D eigenvalue weighted by molar-refractivity contribution is 0.0189. The Labute approximate surface area is 114 Å². The number of nitrogen functional groups attached to an aromatic ring is 1. The number of anilines is 1. The molecule has 2 aromatic rings. The number of H-pyrrole nitrogens is 1. The summed E-state index contributed by atoms with van der Waals surface area (Å²) < 4.78 is 1.79. The Morgan fingerprint density at radius 3 is 3.00 bits per heavy atom. The van der Waals surface area contributed by atoms with Gasteiger partial charge < -0.3 is 20.5 Å². The van der Waals surface area contributed by atoms with Gasteiger partial charge in [-0.2, -0.15) is 4.98 Å². The third-order valence-corrected chi connectivity index (χ3v) is 4.01. The Kier molecular flexibility index (Phi) is 3.19. The van der Waals surface area contributed by atoms with Crippen LogP contribution in [0.1, 0.15) is 25.3 Å². The Balaban J connectivity index is 1.97. The molecule has 0 unspecified atom stereocenters. The average Bonchev–Trinajstić information content (AvgIpc) is 2.82. The zero-order chi connectivity index (χ0) is 14.3. The molecule has 0 spiro atoms. The first-order valence-corrected chi connectivity index (χ1v) is 6.61. The van der Waals surface area contributed by atoms with Gasteiger partial charge in [0.05, 0.1) is 12.4 Å². The third kappa shape index (κ3) is 2.06. The summed E-state index contributed by atoms with van der Waals surface area (Å²) in [5.74, 6) is -0.0312. The first-order chi connectivity index (χ1) is 9.60. The molecule has 8 nitrogen and oxygen atoms in total. The van der Waals surface area contributed by atoms with Gasteiger partial charge in [-0.05, 0) is 19.3 Å². The van der Waals surface area contributed by atoms with Gasteiger partial charge in [0.2, 0.25) is 5.95 Å². The molecule has 3 atom stereocenters. The topological polar surface area (TPSA) is 130 Å². The highest BCUT2D eigenvalue weighted by Crippen LogP contribution is 2.33. The predicted octanol–water partition coefficient (Wildman–Crippen LogP) is -0.604. The quantitative estimate of drug-likeness (QED) is 0.580. The van der Waals surface area contributed by atoms with Crippen molar-refractivity contribution in [1.82, 2.24) is 19.5 Å². The van der Waals surface area contributed by atoms with Crippen LogP contribution in [0.3, 0.4) is 0 Å². The van der Waals surface area contributed by atoms with Gasteiger partial charge in [-0.15, -0.1) is 0 Å². The normalized spacial score (nSPS) is 27.0. The lowest BCUT2D eigenvalue weighted by atomic mass is 9.84. The Morgan fingerprint density at radius 2 is 2.30 bits per heavy atom.